The highest BCUT2D eigenvalue weighted by atomic mass is 35.5. The number of aromatic nitrogens is 4. The van der Waals surface area contributed by atoms with Crippen LogP contribution in [-0.4, -0.2) is 44.9 Å². The molecule has 0 aliphatic carbocycles. The van der Waals surface area contributed by atoms with E-state index in [0.29, 0.717) is 41.6 Å². The molecule has 0 radical (unpaired) electrons. The minimum atomic E-state index is -0.860. The van der Waals surface area contributed by atoms with Crippen LogP contribution in [-0.2, 0) is 22.5 Å². The summed E-state index contributed by atoms with van der Waals surface area (Å²) >= 11 is 6.47. The number of hydrogen-bond acceptors (Lipinski definition) is 6. The van der Waals surface area contributed by atoms with Gasteiger partial charge in [-0.1, -0.05) is 28.9 Å². The van der Waals surface area contributed by atoms with Gasteiger partial charge in [-0.15, -0.1) is 5.10 Å². The number of fused-ring (bicyclic) bond motifs is 3. The van der Waals surface area contributed by atoms with Crippen molar-refractivity contribution in [2.45, 2.75) is 38.0 Å². The first kappa shape index (κ1) is 24.9. The Bertz CT molecular complexity index is 1420. The van der Waals surface area contributed by atoms with Crippen LogP contribution in [0.25, 0.3) is 5.69 Å². The summed E-state index contributed by atoms with van der Waals surface area (Å²) in [5.41, 5.74) is 4.36. The van der Waals surface area contributed by atoms with Crippen LogP contribution in [0.2, 0.25) is 5.02 Å². The van der Waals surface area contributed by atoms with Crippen LogP contribution < -0.4 is 9.47 Å². The number of methoxy groups -OCH3 is 2. The third-order valence-electron chi connectivity index (χ3n) is 6.46. The monoisotopic (exact) mass is 522 g/mol. The summed E-state index contributed by atoms with van der Waals surface area (Å²) in [7, 11) is 3.22. The average Bonchev–Trinajstić information content (AvgIpc) is 3.55. The maximum atomic E-state index is 10.9. The third-order valence-corrected chi connectivity index (χ3v) is 6.69. The van der Waals surface area contributed by atoms with Crippen molar-refractivity contribution in [3.05, 3.63) is 88.5 Å². The van der Waals surface area contributed by atoms with E-state index in [0.717, 1.165) is 22.5 Å². The van der Waals surface area contributed by atoms with Gasteiger partial charge in [0.25, 0.3) is 0 Å². The topological polar surface area (TPSA) is 101 Å². The van der Waals surface area contributed by atoms with Crippen LogP contribution in [0.5, 0.6) is 11.5 Å². The van der Waals surface area contributed by atoms with E-state index in [2.05, 4.69) is 14.9 Å². The van der Waals surface area contributed by atoms with Crippen LogP contribution in [0.1, 0.15) is 47.6 Å². The number of aryl methyl sites for hydroxylation is 2. The fourth-order valence-corrected chi connectivity index (χ4v) is 4.94. The fraction of sp³-hybridized carbons (Fsp3) is 0.296. The molecule has 9 nitrogen and oxygen atoms in total. The fourth-order valence-electron chi connectivity index (χ4n) is 4.76. The molecule has 2 aromatic carbocycles. The molecule has 0 amide bonds. The molecule has 0 bridgehead atoms. The van der Waals surface area contributed by atoms with Crippen LogP contribution in [0.4, 0.5) is 0 Å². The summed E-state index contributed by atoms with van der Waals surface area (Å²) in [6, 6.07) is 15.6. The van der Waals surface area contributed by atoms with Gasteiger partial charge in [0.15, 0.2) is 11.5 Å². The molecule has 0 fully saturated rings. The molecule has 0 saturated carbocycles. The van der Waals surface area contributed by atoms with Crippen LogP contribution in [0, 0.1) is 0 Å². The van der Waals surface area contributed by atoms with Crippen molar-refractivity contribution in [1.82, 2.24) is 19.6 Å². The number of benzene rings is 2. The van der Waals surface area contributed by atoms with E-state index >= 15 is 0 Å². The molecular formula is C27H27ClN4O5. The second-order valence-corrected chi connectivity index (χ2v) is 9.19. The molecule has 1 N–H and O–H groups in total. The number of rotatable bonds is 9. The molecule has 3 heterocycles. The normalized spacial score (nSPS) is 16.5. The van der Waals surface area contributed by atoms with E-state index in [9.17, 15) is 4.79 Å². The SMILES string of the molecule is COc1cccc([C@H]2O[C@H](CCn3cc(CCC(=O)O)nn3)c3cccn3-c3ccc(Cl)cc32)c1OC. The summed E-state index contributed by atoms with van der Waals surface area (Å²) in [6.07, 6.45) is 3.99. The van der Waals surface area contributed by atoms with Crippen molar-refractivity contribution in [1.29, 1.82) is 0 Å². The smallest absolute Gasteiger partial charge is 0.303 e. The zero-order valence-corrected chi connectivity index (χ0v) is 21.3. The Kier molecular flexibility index (Phi) is 7.16. The number of aliphatic carboxylic acids is 1. The van der Waals surface area contributed by atoms with Crippen LogP contribution in [0.3, 0.4) is 0 Å². The van der Waals surface area contributed by atoms with Gasteiger partial charge in [0, 0.05) is 41.5 Å². The van der Waals surface area contributed by atoms with Gasteiger partial charge in [0.1, 0.15) is 12.2 Å². The van der Waals surface area contributed by atoms with Crippen LogP contribution in [0.15, 0.2) is 60.9 Å². The Labute approximate surface area is 219 Å². The summed E-state index contributed by atoms with van der Waals surface area (Å²) in [5.74, 6) is 0.357. The van der Waals surface area contributed by atoms with Gasteiger partial charge in [-0.25, -0.2) is 0 Å². The lowest BCUT2D eigenvalue weighted by atomic mass is 9.98. The van der Waals surface area contributed by atoms with Gasteiger partial charge in [-0.05, 0) is 42.8 Å². The van der Waals surface area contributed by atoms with Gasteiger partial charge in [0.2, 0.25) is 0 Å². The Morgan fingerprint density at radius 1 is 1.14 bits per heavy atom. The van der Waals surface area contributed by atoms with Gasteiger partial charge < -0.3 is 23.9 Å². The zero-order chi connectivity index (χ0) is 25.9. The Morgan fingerprint density at radius 2 is 2.00 bits per heavy atom. The lowest BCUT2D eigenvalue weighted by Gasteiger charge is -2.25. The molecule has 37 heavy (non-hydrogen) atoms. The lowest BCUT2D eigenvalue weighted by molar-refractivity contribution is -0.136. The van der Waals surface area contributed by atoms with Crippen molar-refractivity contribution < 1.29 is 24.1 Å². The van der Waals surface area contributed by atoms with E-state index in [1.54, 1.807) is 25.1 Å². The first-order valence-corrected chi connectivity index (χ1v) is 12.3. The maximum absolute atomic E-state index is 10.9. The lowest BCUT2D eigenvalue weighted by Crippen LogP contribution is -2.14. The number of nitrogens with zero attached hydrogens (tertiary/aromatic N) is 4. The summed E-state index contributed by atoms with van der Waals surface area (Å²) in [5, 5.41) is 17.8. The standard InChI is InChI=1S/C27H27ClN4O5/c1-35-24-7-3-5-19(27(24)36-2)26-20-15-17(28)8-10-21(20)32-13-4-6-22(32)23(37-26)12-14-31-16-18(29-30-31)9-11-25(33)34/h3-8,10,13,15-16,23,26H,9,11-12,14H2,1-2H3,(H,33,34)/t23-,26-/m1/s1. The molecule has 2 atom stereocenters. The van der Waals surface area contributed by atoms with E-state index < -0.39 is 12.1 Å². The first-order chi connectivity index (χ1) is 18.0. The van der Waals surface area contributed by atoms with Crippen molar-refractivity contribution in [3.63, 3.8) is 0 Å². The van der Waals surface area contributed by atoms with Crippen molar-refractivity contribution in [2.24, 2.45) is 0 Å². The number of para-hydroxylation sites is 1. The second-order valence-electron chi connectivity index (χ2n) is 8.75. The largest absolute Gasteiger partial charge is 0.493 e. The van der Waals surface area contributed by atoms with Crippen molar-refractivity contribution >= 4 is 17.6 Å². The van der Waals surface area contributed by atoms with Gasteiger partial charge in [-0.3, -0.25) is 9.48 Å². The van der Waals surface area contributed by atoms with E-state index in [-0.39, 0.29) is 12.5 Å². The van der Waals surface area contributed by atoms with Crippen molar-refractivity contribution in [3.8, 4) is 17.2 Å². The second kappa shape index (κ2) is 10.7. The molecule has 0 saturated heterocycles. The predicted octanol–water partition coefficient (Wildman–Crippen LogP) is 5.01. The van der Waals surface area contributed by atoms with Crippen molar-refractivity contribution in [2.75, 3.05) is 14.2 Å². The summed E-state index contributed by atoms with van der Waals surface area (Å²) < 4.78 is 22.0. The van der Waals surface area contributed by atoms with E-state index in [4.69, 9.17) is 30.9 Å². The molecule has 0 spiro atoms. The molecule has 1 aliphatic heterocycles. The molecule has 0 unspecified atom stereocenters. The number of carboxylic acids is 1. The summed E-state index contributed by atoms with van der Waals surface area (Å²) in [6.45, 7) is 0.537. The first-order valence-electron chi connectivity index (χ1n) is 11.9. The number of carbonyl (C=O) groups is 1. The van der Waals surface area contributed by atoms with Gasteiger partial charge in [0.05, 0.1) is 37.7 Å². The molecule has 1 aliphatic rings. The molecule has 2 aromatic heterocycles. The Hall–Kier alpha value is -3.82. The number of hydrogen-bond donors (Lipinski definition) is 1. The van der Waals surface area contributed by atoms with Crippen LogP contribution >= 0.6 is 11.6 Å². The number of carboxylic acid groups (broad SMARTS) is 1. The van der Waals surface area contributed by atoms with E-state index in [1.807, 2.05) is 54.7 Å². The third kappa shape index (κ3) is 5.05. The number of ether oxygens (including phenoxy) is 3. The predicted molar refractivity (Wildman–Crippen MR) is 137 cm³/mol. The molecule has 5 rings (SSSR count). The minimum Gasteiger partial charge on any atom is -0.493 e. The minimum absolute atomic E-state index is 0.0167. The number of halogens is 1. The molecular weight excluding hydrogens is 496 g/mol. The average molecular weight is 523 g/mol. The highest BCUT2D eigenvalue weighted by molar-refractivity contribution is 6.30. The Morgan fingerprint density at radius 3 is 2.78 bits per heavy atom. The molecule has 192 valence electrons. The molecule has 10 heteroatoms. The quantitative estimate of drug-likeness (QED) is 0.330. The molecule has 4 aromatic rings. The maximum Gasteiger partial charge on any atom is 0.303 e. The Balaban J connectivity index is 1.51. The zero-order valence-electron chi connectivity index (χ0n) is 20.5. The van der Waals surface area contributed by atoms with E-state index in [1.165, 1.54) is 0 Å². The highest BCUT2D eigenvalue weighted by Crippen LogP contribution is 2.46. The van der Waals surface area contributed by atoms with Gasteiger partial charge in [-0.2, -0.15) is 0 Å². The highest BCUT2D eigenvalue weighted by Gasteiger charge is 2.32. The van der Waals surface area contributed by atoms with Gasteiger partial charge >= 0.3 is 5.97 Å². The summed E-state index contributed by atoms with van der Waals surface area (Å²) in [4.78, 5) is 10.9.